The van der Waals surface area contributed by atoms with Gasteiger partial charge in [-0.3, -0.25) is 0 Å². The van der Waals surface area contributed by atoms with E-state index >= 15 is 0 Å². The summed E-state index contributed by atoms with van der Waals surface area (Å²) in [6.07, 6.45) is 1.88. The molecular formula is C10H21NO2S. The molecule has 3 nitrogen and oxygen atoms in total. The molecule has 0 radical (unpaired) electrons. The molecule has 1 rings (SSSR count). The standard InChI is InChI=1S/C10H21NO2S/c1-8(2)10(11-3)9-5-4-6-14(12,13)7-9/h8-11H,4-7H2,1-3H3. The summed E-state index contributed by atoms with van der Waals surface area (Å²) in [6.45, 7) is 4.28. The average molecular weight is 219 g/mol. The number of rotatable bonds is 3. The zero-order valence-corrected chi connectivity index (χ0v) is 10.1. The lowest BCUT2D eigenvalue weighted by Crippen LogP contribution is -2.43. The molecule has 0 saturated carbocycles. The van der Waals surface area contributed by atoms with E-state index in [-0.39, 0.29) is 0 Å². The van der Waals surface area contributed by atoms with E-state index in [1.165, 1.54) is 0 Å². The van der Waals surface area contributed by atoms with Crippen LogP contribution in [0.25, 0.3) is 0 Å². The number of nitrogens with one attached hydrogen (secondary N) is 1. The Morgan fingerprint density at radius 2 is 2.00 bits per heavy atom. The van der Waals surface area contributed by atoms with Gasteiger partial charge in [-0.15, -0.1) is 0 Å². The van der Waals surface area contributed by atoms with Crippen LogP contribution in [-0.4, -0.2) is 33.0 Å². The fraction of sp³-hybridized carbons (Fsp3) is 1.00. The van der Waals surface area contributed by atoms with Crippen molar-refractivity contribution in [1.82, 2.24) is 5.32 Å². The number of hydrogen-bond acceptors (Lipinski definition) is 3. The van der Waals surface area contributed by atoms with Gasteiger partial charge >= 0.3 is 0 Å². The summed E-state index contributed by atoms with van der Waals surface area (Å²) in [5.74, 6) is 1.56. The van der Waals surface area contributed by atoms with Crippen molar-refractivity contribution in [2.45, 2.75) is 32.7 Å². The molecule has 1 heterocycles. The Bertz CT molecular complexity index is 272. The summed E-state index contributed by atoms with van der Waals surface area (Å²) in [7, 11) is -0.838. The van der Waals surface area contributed by atoms with E-state index in [1.54, 1.807) is 0 Å². The molecule has 0 aromatic rings. The fourth-order valence-corrected chi connectivity index (χ4v) is 4.25. The molecular weight excluding hydrogens is 198 g/mol. The highest BCUT2D eigenvalue weighted by Crippen LogP contribution is 2.24. The third-order valence-electron chi connectivity index (χ3n) is 3.06. The van der Waals surface area contributed by atoms with Crippen LogP contribution in [0.4, 0.5) is 0 Å². The molecule has 1 saturated heterocycles. The van der Waals surface area contributed by atoms with Crippen molar-refractivity contribution >= 4 is 9.84 Å². The monoisotopic (exact) mass is 219 g/mol. The Kier molecular flexibility index (Phi) is 3.95. The van der Waals surface area contributed by atoms with Gasteiger partial charge in [-0.2, -0.15) is 0 Å². The molecule has 0 bridgehead atoms. The van der Waals surface area contributed by atoms with Crippen LogP contribution in [0.2, 0.25) is 0 Å². The molecule has 2 unspecified atom stereocenters. The molecule has 1 N–H and O–H groups in total. The van der Waals surface area contributed by atoms with Crippen LogP contribution in [0.15, 0.2) is 0 Å². The molecule has 4 heteroatoms. The Balaban J connectivity index is 2.67. The topological polar surface area (TPSA) is 46.2 Å². The van der Waals surface area contributed by atoms with E-state index in [2.05, 4.69) is 19.2 Å². The first-order chi connectivity index (χ1) is 6.46. The van der Waals surface area contributed by atoms with Gasteiger partial charge in [0.25, 0.3) is 0 Å². The maximum Gasteiger partial charge on any atom is 0.150 e. The van der Waals surface area contributed by atoms with Crippen LogP contribution in [0.5, 0.6) is 0 Å². The second-order valence-electron chi connectivity index (χ2n) is 4.58. The van der Waals surface area contributed by atoms with Crippen LogP contribution in [0, 0.1) is 11.8 Å². The van der Waals surface area contributed by atoms with Gasteiger partial charge in [-0.1, -0.05) is 13.8 Å². The van der Waals surface area contributed by atoms with Gasteiger partial charge in [0.2, 0.25) is 0 Å². The second-order valence-corrected chi connectivity index (χ2v) is 6.80. The molecule has 0 aromatic carbocycles. The van der Waals surface area contributed by atoms with Crippen molar-refractivity contribution < 1.29 is 8.42 Å². The summed E-state index contributed by atoms with van der Waals surface area (Å²) < 4.78 is 23.0. The van der Waals surface area contributed by atoms with E-state index in [4.69, 9.17) is 0 Å². The van der Waals surface area contributed by atoms with Crippen molar-refractivity contribution in [1.29, 1.82) is 0 Å². The van der Waals surface area contributed by atoms with Crippen molar-refractivity contribution in [2.24, 2.45) is 11.8 Å². The third-order valence-corrected chi connectivity index (χ3v) is 4.90. The van der Waals surface area contributed by atoms with E-state index in [0.29, 0.717) is 29.4 Å². The minimum Gasteiger partial charge on any atom is -0.316 e. The first-order valence-electron chi connectivity index (χ1n) is 5.34. The molecule has 2 atom stereocenters. The quantitative estimate of drug-likeness (QED) is 0.772. The van der Waals surface area contributed by atoms with E-state index in [9.17, 15) is 8.42 Å². The highest BCUT2D eigenvalue weighted by molar-refractivity contribution is 7.91. The van der Waals surface area contributed by atoms with Crippen molar-refractivity contribution in [3.63, 3.8) is 0 Å². The number of sulfone groups is 1. The number of hydrogen-bond donors (Lipinski definition) is 1. The molecule has 1 aliphatic rings. The maximum absolute atomic E-state index is 11.5. The summed E-state index contributed by atoms with van der Waals surface area (Å²) in [6, 6.07) is 0.338. The molecule has 0 amide bonds. The lowest BCUT2D eigenvalue weighted by atomic mass is 9.88. The Hall–Kier alpha value is -0.0900. The van der Waals surface area contributed by atoms with Crippen LogP contribution < -0.4 is 5.32 Å². The van der Waals surface area contributed by atoms with Crippen LogP contribution in [0.3, 0.4) is 0 Å². The Morgan fingerprint density at radius 1 is 1.36 bits per heavy atom. The third kappa shape index (κ3) is 2.95. The van der Waals surface area contributed by atoms with Crippen molar-refractivity contribution in [3.8, 4) is 0 Å². The summed E-state index contributed by atoms with van der Waals surface area (Å²) in [5, 5.41) is 3.24. The fourth-order valence-electron chi connectivity index (χ4n) is 2.45. The normalized spacial score (nSPS) is 29.0. The van der Waals surface area contributed by atoms with Crippen molar-refractivity contribution in [3.05, 3.63) is 0 Å². The highest BCUT2D eigenvalue weighted by atomic mass is 32.2. The van der Waals surface area contributed by atoms with E-state index in [0.717, 1.165) is 12.8 Å². The minimum absolute atomic E-state index is 0.304. The summed E-state index contributed by atoms with van der Waals surface area (Å²) >= 11 is 0. The minimum atomic E-state index is -2.76. The van der Waals surface area contributed by atoms with Crippen LogP contribution in [0.1, 0.15) is 26.7 Å². The maximum atomic E-state index is 11.5. The largest absolute Gasteiger partial charge is 0.316 e. The molecule has 0 spiro atoms. The molecule has 0 aromatic heterocycles. The molecule has 0 aliphatic carbocycles. The second kappa shape index (κ2) is 4.62. The molecule has 84 valence electrons. The zero-order valence-electron chi connectivity index (χ0n) is 9.29. The van der Waals surface area contributed by atoms with Crippen molar-refractivity contribution in [2.75, 3.05) is 18.6 Å². The Morgan fingerprint density at radius 3 is 2.43 bits per heavy atom. The zero-order chi connectivity index (χ0) is 10.8. The predicted molar refractivity (Wildman–Crippen MR) is 59.1 cm³/mol. The van der Waals surface area contributed by atoms with E-state index in [1.807, 2.05) is 7.05 Å². The lowest BCUT2D eigenvalue weighted by molar-refractivity contribution is 0.295. The van der Waals surface area contributed by atoms with Crippen LogP contribution in [-0.2, 0) is 9.84 Å². The van der Waals surface area contributed by atoms with Gasteiger partial charge in [0.05, 0.1) is 11.5 Å². The van der Waals surface area contributed by atoms with Gasteiger partial charge in [-0.25, -0.2) is 8.42 Å². The van der Waals surface area contributed by atoms with Gasteiger partial charge in [0.1, 0.15) is 0 Å². The average Bonchev–Trinajstić information content (AvgIpc) is 2.02. The predicted octanol–water partition coefficient (Wildman–Crippen LogP) is 1.06. The molecule has 1 aliphatic heterocycles. The van der Waals surface area contributed by atoms with Gasteiger partial charge in [0, 0.05) is 6.04 Å². The van der Waals surface area contributed by atoms with Gasteiger partial charge in [-0.05, 0) is 31.7 Å². The summed E-state index contributed by atoms with van der Waals surface area (Å²) in [4.78, 5) is 0. The summed E-state index contributed by atoms with van der Waals surface area (Å²) in [5.41, 5.74) is 0. The Labute approximate surface area is 87.2 Å². The van der Waals surface area contributed by atoms with E-state index < -0.39 is 9.84 Å². The highest BCUT2D eigenvalue weighted by Gasteiger charge is 2.31. The first kappa shape index (κ1) is 12.0. The molecule has 14 heavy (non-hydrogen) atoms. The van der Waals surface area contributed by atoms with Crippen LogP contribution >= 0.6 is 0 Å². The first-order valence-corrected chi connectivity index (χ1v) is 7.16. The smallest absolute Gasteiger partial charge is 0.150 e. The lowest BCUT2D eigenvalue weighted by Gasteiger charge is -2.32. The van der Waals surface area contributed by atoms with Gasteiger partial charge in [0.15, 0.2) is 9.84 Å². The molecule has 1 fully saturated rings. The van der Waals surface area contributed by atoms with Gasteiger partial charge < -0.3 is 5.32 Å². The SMILES string of the molecule is CNC(C(C)C)C1CCCS(=O)(=O)C1.